The molecule has 3 heteroatoms. The van der Waals surface area contributed by atoms with Crippen molar-refractivity contribution in [3.8, 4) is 11.5 Å². The van der Waals surface area contributed by atoms with Gasteiger partial charge in [-0.15, -0.1) is 0 Å². The first kappa shape index (κ1) is 12.6. The minimum Gasteiger partial charge on any atom is -0.457 e. The van der Waals surface area contributed by atoms with Crippen LogP contribution >= 0.6 is 0 Å². The Morgan fingerprint density at radius 3 is 2.06 bits per heavy atom. The smallest absolute Gasteiger partial charge is 0.127 e. The number of nitrogens with two attached hydrogens (primary N) is 1. The molecule has 0 aliphatic rings. The molecule has 2 atom stereocenters. The van der Waals surface area contributed by atoms with Crippen LogP contribution in [0.2, 0.25) is 0 Å². The molecule has 0 amide bonds. The van der Waals surface area contributed by atoms with Gasteiger partial charge in [0.2, 0.25) is 0 Å². The molecule has 0 saturated heterocycles. The second-order valence-corrected chi connectivity index (χ2v) is 4.25. The number of rotatable bonds is 4. The van der Waals surface area contributed by atoms with Crippen LogP contribution in [0, 0.1) is 0 Å². The van der Waals surface area contributed by atoms with Crippen LogP contribution in [0.25, 0.3) is 0 Å². The fourth-order valence-electron chi connectivity index (χ4n) is 1.66. The maximum Gasteiger partial charge on any atom is 0.127 e. The van der Waals surface area contributed by atoms with Crippen molar-refractivity contribution in [2.45, 2.75) is 19.1 Å². The molecule has 0 saturated carbocycles. The second-order valence-electron chi connectivity index (χ2n) is 4.25. The van der Waals surface area contributed by atoms with E-state index in [1.807, 2.05) is 54.6 Å². The van der Waals surface area contributed by atoms with Gasteiger partial charge in [-0.05, 0) is 36.8 Å². The summed E-state index contributed by atoms with van der Waals surface area (Å²) in [5, 5.41) is 9.42. The Kier molecular flexibility index (Phi) is 3.97. The zero-order chi connectivity index (χ0) is 13.0. The lowest BCUT2D eigenvalue weighted by atomic mass is 10.0. The molecule has 0 fully saturated rings. The Morgan fingerprint density at radius 2 is 1.50 bits per heavy atom. The van der Waals surface area contributed by atoms with Crippen molar-refractivity contribution in [1.82, 2.24) is 0 Å². The van der Waals surface area contributed by atoms with Gasteiger partial charge in [0, 0.05) is 0 Å². The molecular formula is C15H17NO2. The van der Waals surface area contributed by atoms with Gasteiger partial charge in [0.1, 0.15) is 11.5 Å². The fraction of sp³-hybridized carbons (Fsp3) is 0.200. The molecule has 0 radical (unpaired) electrons. The van der Waals surface area contributed by atoms with Crippen molar-refractivity contribution < 1.29 is 9.84 Å². The zero-order valence-electron chi connectivity index (χ0n) is 10.3. The molecule has 94 valence electrons. The van der Waals surface area contributed by atoms with E-state index in [2.05, 4.69) is 0 Å². The molecule has 0 aromatic heterocycles. The lowest BCUT2D eigenvalue weighted by Crippen LogP contribution is -2.22. The Hall–Kier alpha value is -1.84. The van der Waals surface area contributed by atoms with Crippen LogP contribution in [0.4, 0.5) is 0 Å². The molecule has 2 rings (SSSR count). The highest BCUT2D eigenvalue weighted by Crippen LogP contribution is 2.23. The average Bonchev–Trinajstić information content (AvgIpc) is 2.40. The first-order valence-electron chi connectivity index (χ1n) is 5.93. The minimum atomic E-state index is -0.564. The monoisotopic (exact) mass is 243 g/mol. The summed E-state index contributed by atoms with van der Waals surface area (Å²) in [5.41, 5.74) is 6.74. The van der Waals surface area contributed by atoms with Crippen molar-refractivity contribution in [2.24, 2.45) is 5.73 Å². The number of aliphatic hydroxyl groups is 1. The van der Waals surface area contributed by atoms with Gasteiger partial charge in [-0.25, -0.2) is 0 Å². The molecule has 0 aliphatic carbocycles. The van der Waals surface area contributed by atoms with Crippen molar-refractivity contribution in [3.63, 3.8) is 0 Å². The lowest BCUT2D eigenvalue weighted by molar-refractivity contribution is 0.164. The number of ether oxygens (including phenoxy) is 1. The van der Waals surface area contributed by atoms with E-state index in [0.29, 0.717) is 0 Å². The largest absolute Gasteiger partial charge is 0.457 e. The first-order valence-corrected chi connectivity index (χ1v) is 5.93. The van der Waals surface area contributed by atoms with Gasteiger partial charge in [0.15, 0.2) is 0 Å². The summed E-state index contributed by atoms with van der Waals surface area (Å²) >= 11 is 0. The highest BCUT2D eigenvalue weighted by atomic mass is 16.5. The van der Waals surface area contributed by atoms with E-state index in [0.717, 1.165) is 17.1 Å². The van der Waals surface area contributed by atoms with E-state index in [-0.39, 0.29) is 6.04 Å². The number of aliphatic hydroxyl groups excluding tert-OH is 1. The summed E-state index contributed by atoms with van der Waals surface area (Å²) < 4.78 is 5.67. The quantitative estimate of drug-likeness (QED) is 0.868. The summed E-state index contributed by atoms with van der Waals surface area (Å²) in [6.45, 7) is 1.68. The predicted molar refractivity (Wildman–Crippen MR) is 71.6 cm³/mol. The highest BCUT2D eigenvalue weighted by molar-refractivity contribution is 5.34. The molecular weight excluding hydrogens is 226 g/mol. The molecule has 2 aromatic carbocycles. The lowest BCUT2D eigenvalue weighted by Gasteiger charge is -2.15. The van der Waals surface area contributed by atoms with Crippen LogP contribution in [0.15, 0.2) is 54.6 Å². The second kappa shape index (κ2) is 5.67. The number of para-hydroxylation sites is 1. The van der Waals surface area contributed by atoms with Gasteiger partial charge in [-0.3, -0.25) is 0 Å². The van der Waals surface area contributed by atoms with E-state index >= 15 is 0 Å². The van der Waals surface area contributed by atoms with Crippen molar-refractivity contribution >= 4 is 0 Å². The molecule has 3 N–H and O–H groups in total. The molecule has 0 aliphatic heterocycles. The van der Waals surface area contributed by atoms with Crippen LogP contribution in [-0.4, -0.2) is 11.2 Å². The molecule has 18 heavy (non-hydrogen) atoms. The van der Waals surface area contributed by atoms with Crippen LogP contribution in [-0.2, 0) is 0 Å². The third-order valence-electron chi connectivity index (χ3n) is 2.76. The van der Waals surface area contributed by atoms with E-state index in [4.69, 9.17) is 10.5 Å². The maximum absolute atomic E-state index is 9.42. The standard InChI is InChI=1S/C15H17NO2/c1-11(17)15(16)12-7-9-14(10-8-12)18-13-5-3-2-4-6-13/h2-11,15,17H,16H2,1H3. The van der Waals surface area contributed by atoms with E-state index < -0.39 is 6.10 Å². The Bertz CT molecular complexity index is 480. The van der Waals surface area contributed by atoms with E-state index in [9.17, 15) is 5.11 Å². The molecule has 0 heterocycles. The number of hydrogen-bond acceptors (Lipinski definition) is 3. The zero-order valence-corrected chi connectivity index (χ0v) is 10.3. The van der Waals surface area contributed by atoms with Gasteiger partial charge in [0.05, 0.1) is 12.1 Å². The molecule has 2 aromatic rings. The van der Waals surface area contributed by atoms with Crippen molar-refractivity contribution in [1.29, 1.82) is 0 Å². The van der Waals surface area contributed by atoms with Crippen molar-refractivity contribution in [2.75, 3.05) is 0 Å². The average molecular weight is 243 g/mol. The maximum atomic E-state index is 9.42. The van der Waals surface area contributed by atoms with Gasteiger partial charge in [0.25, 0.3) is 0 Å². The van der Waals surface area contributed by atoms with Crippen LogP contribution in [0.1, 0.15) is 18.5 Å². The van der Waals surface area contributed by atoms with Crippen LogP contribution in [0.3, 0.4) is 0 Å². The topological polar surface area (TPSA) is 55.5 Å². The molecule has 0 bridgehead atoms. The molecule has 2 unspecified atom stereocenters. The number of hydrogen-bond donors (Lipinski definition) is 2. The summed E-state index contributed by atoms with van der Waals surface area (Å²) in [6.07, 6.45) is -0.564. The van der Waals surface area contributed by atoms with Gasteiger partial charge in [-0.2, -0.15) is 0 Å². The summed E-state index contributed by atoms with van der Waals surface area (Å²) in [5.74, 6) is 1.55. The summed E-state index contributed by atoms with van der Waals surface area (Å²) in [4.78, 5) is 0. The third-order valence-corrected chi connectivity index (χ3v) is 2.76. The Balaban J connectivity index is 2.09. The normalized spacial score (nSPS) is 13.9. The Morgan fingerprint density at radius 1 is 0.944 bits per heavy atom. The highest BCUT2D eigenvalue weighted by Gasteiger charge is 2.11. The SMILES string of the molecule is CC(O)C(N)c1ccc(Oc2ccccc2)cc1. The Labute approximate surface area is 107 Å². The van der Waals surface area contributed by atoms with Crippen LogP contribution in [0.5, 0.6) is 11.5 Å². The summed E-state index contributed by atoms with van der Waals surface area (Å²) in [7, 11) is 0. The van der Waals surface area contributed by atoms with E-state index in [1.165, 1.54) is 0 Å². The molecule has 0 spiro atoms. The van der Waals surface area contributed by atoms with Gasteiger partial charge < -0.3 is 15.6 Å². The third kappa shape index (κ3) is 3.09. The first-order chi connectivity index (χ1) is 8.66. The van der Waals surface area contributed by atoms with Gasteiger partial charge >= 0.3 is 0 Å². The minimum absolute atomic E-state index is 0.365. The predicted octanol–water partition coefficient (Wildman–Crippen LogP) is 2.86. The number of benzene rings is 2. The van der Waals surface area contributed by atoms with E-state index in [1.54, 1.807) is 6.92 Å². The van der Waals surface area contributed by atoms with Crippen LogP contribution < -0.4 is 10.5 Å². The van der Waals surface area contributed by atoms with Gasteiger partial charge in [-0.1, -0.05) is 30.3 Å². The fourth-order valence-corrected chi connectivity index (χ4v) is 1.66. The molecule has 3 nitrogen and oxygen atoms in total. The van der Waals surface area contributed by atoms with Crippen molar-refractivity contribution in [3.05, 3.63) is 60.2 Å². The summed E-state index contributed by atoms with van der Waals surface area (Å²) in [6, 6.07) is 16.7.